The Labute approximate surface area is 116 Å². The van der Waals surface area contributed by atoms with Gasteiger partial charge in [-0.25, -0.2) is 4.98 Å². The first-order valence-corrected chi connectivity index (χ1v) is 6.84. The Balaban J connectivity index is 2.19. The molecule has 0 bridgehead atoms. The van der Waals surface area contributed by atoms with Crippen molar-refractivity contribution < 1.29 is 4.79 Å². The number of hydrogen-bond acceptors (Lipinski definition) is 4. The van der Waals surface area contributed by atoms with Gasteiger partial charge in [0.2, 0.25) is 0 Å². The van der Waals surface area contributed by atoms with Gasteiger partial charge in [-0.1, -0.05) is 0 Å². The van der Waals surface area contributed by atoms with E-state index in [1.165, 1.54) is 22.0 Å². The summed E-state index contributed by atoms with van der Waals surface area (Å²) in [5, 5.41) is 3.07. The molecule has 94 valence electrons. The number of carbonyl (C=O) groups excluding carboxylic acids is 1. The number of thiazole rings is 1. The van der Waals surface area contributed by atoms with Crippen LogP contribution in [0.5, 0.6) is 0 Å². The van der Waals surface area contributed by atoms with E-state index in [0.29, 0.717) is 17.2 Å². The predicted molar refractivity (Wildman–Crippen MR) is 74.1 cm³/mol. The number of rotatable bonds is 3. The summed E-state index contributed by atoms with van der Waals surface area (Å²) >= 11 is 4.50. The monoisotopic (exact) mass is 327 g/mol. The van der Waals surface area contributed by atoms with Crippen LogP contribution in [-0.2, 0) is 6.54 Å². The molecule has 1 N–H and O–H groups in total. The van der Waals surface area contributed by atoms with Crippen LogP contribution in [0.4, 0.5) is 5.69 Å². The van der Waals surface area contributed by atoms with Crippen LogP contribution in [0.25, 0.3) is 0 Å². The lowest BCUT2D eigenvalue weighted by Gasteiger charge is -2.06. The molecule has 0 fully saturated rings. The molecule has 18 heavy (non-hydrogen) atoms. The van der Waals surface area contributed by atoms with Crippen LogP contribution in [0, 0.1) is 0 Å². The first-order valence-electron chi connectivity index (χ1n) is 5.23. The van der Waals surface area contributed by atoms with Gasteiger partial charge in [0.15, 0.2) is 5.01 Å². The van der Waals surface area contributed by atoms with Crippen LogP contribution in [0.1, 0.15) is 16.7 Å². The summed E-state index contributed by atoms with van der Waals surface area (Å²) in [7, 11) is 0. The molecule has 5 nitrogen and oxygen atoms in total. The van der Waals surface area contributed by atoms with Crippen molar-refractivity contribution in [2.24, 2.45) is 0 Å². The van der Waals surface area contributed by atoms with E-state index in [-0.39, 0.29) is 11.5 Å². The molecule has 0 aliphatic carbocycles. The second kappa shape index (κ2) is 5.45. The Bertz CT molecular complexity index is 635. The average Bonchev–Trinajstić information content (AvgIpc) is 2.78. The van der Waals surface area contributed by atoms with Crippen LogP contribution >= 0.6 is 27.3 Å². The highest BCUT2D eigenvalue weighted by Crippen LogP contribution is 2.19. The third kappa shape index (κ3) is 2.85. The quantitative estimate of drug-likeness (QED) is 0.941. The van der Waals surface area contributed by atoms with Gasteiger partial charge in [0, 0.05) is 18.8 Å². The first-order chi connectivity index (χ1) is 8.60. The van der Waals surface area contributed by atoms with Crippen molar-refractivity contribution in [2.75, 3.05) is 5.32 Å². The van der Waals surface area contributed by atoms with E-state index in [4.69, 9.17) is 0 Å². The second-order valence-corrected chi connectivity index (χ2v) is 5.88. The van der Waals surface area contributed by atoms with Gasteiger partial charge in [-0.05, 0) is 28.9 Å². The molecule has 0 atom stereocenters. The summed E-state index contributed by atoms with van der Waals surface area (Å²) in [6.45, 7) is 2.43. The molecule has 2 heterocycles. The van der Waals surface area contributed by atoms with E-state index in [0.717, 1.165) is 3.79 Å². The summed E-state index contributed by atoms with van der Waals surface area (Å²) in [5.41, 5.74) is 0.486. The summed E-state index contributed by atoms with van der Waals surface area (Å²) in [5.74, 6) is -0.285. The van der Waals surface area contributed by atoms with E-state index in [9.17, 15) is 9.59 Å². The number of pyridine rings is 1. The zero-order valence-electron chi connectivity index (χ0n) is 9.51. The predicted octanol–water partition coefficient (Wildman–Crippen LogP) is 2.34. The number of aryl methyl sites for hydroxylation is 1. The average molecular weight is 328 g/mol. The number of nitrogens with zero attached hydrogens (tertiary/aromatic N) is 2. The maximum atomic E-state index is 11.8. The molecule has 2 rings (SSSR count). The van der Waals surface area contributed by atoms with Gasteiger partial charge in [-0.2, -0.15) is 0 Å². The fraction of sp³-hybridized carbons (Fsp3) is 0.182. The fourth-order valence-corrected chi connectivity index (χ4v) is 2.50. The molecule has 0 spiro atoms. The number of aromatic nitrogens is 2. The molecule has 1 amide bonds. The topological polar surface area (TPSA) is 64.0 Å². The van der Waals surface area contributed by atoms with Crippen molar-refractivity contribution in [3.05, 3.63) is 43.7 Å². The maximum absolute atomic E-state index is 11.8. The zero-order chi connectivity index (χ0) is 13.1. The van der Waals surface area contributed by atoms with Crippen LogP contribution in [0.3, 0.4) is 0 Å². The largest absolute Gasteiger partial charge is 0.319 e. The molecule has 0 radical (unpaired) electrons. The van der Waals surface area contributed by atoms with Crippen LogP contribution in [0.2, 0.25) is 0 Å². The fourth-order valence-electron chi connectivity index (χ4n) is 1.40. The number of halogens is 1. The summed E-state index contributed by atoms with van der Waals surface area (Å²) in [4.78, 5) is 27.2. The normalized spacial score (nSPS) is 10.3. The molecule has 0 aliphatic rings. The van der Waals surface area contributed by atoms with Crippen molar-refractivity contribution >= 4 is 38.9 Å². The number of hydrogen-bond donors (Lipinski definition) is 1. The summed E-state index contributed by atoms with van der Waals surface area (Å²) in [6.07, 6.45) is 3.19. The highest BCUT2D eigenvalue weighted by atomic mass is 79.9. The Kier molecular flexibility index (Phi) is 3.93. The Morgan fingerprint density at radius 3 is 2.94 bits per heavy atom. The molecule has 0 aliphatic heterocycles. The lowest BCUT2D eigenvalue weighted by atomic mass is 10.4. The molecular formula is C11H10BrN3O2S. The van der Waals surface area contributed by atoms with Crippen LogP contribution in [-0.4, -0.2) is 15.5 Å². The minimum absolute atomic E-state index is 0.0903. The Morgan fingerprint density at radius 2 is 2.33 bits per heavy atom. The van der Waals surface area contributed by atoms with Gasteiger partial charge in [-0.3, -0.25) is 9.59 Å². The number of amides is 1. The zero-order valence-corrected chi connectivity index (χ0v) is 11.9. The lowest BCUT2D eigenvalue weighted by molar-refractivity contribution is 0.102. The van der Waals surface area contributed by atoms with Gasteiger partial charge in [0.1, 0.15) is 0 Å². The third-order valence-corrected chi connectivity index (χ3v) is 3.73. The number of carbonyl (C=O) groups is 1. The second-order valence-electron chi connectivity index (χ2n) is 3.47. The smallest absolute Gasteiger partial charge is 0.284 e. The summed E-state index contributed by atoms with van der Waals surface area (Å²) in [6, 6.07) is 3.01. The first kappa shape index (κ1) is 13.0. The van der Waals surface area contributed by atoms with E-state index in [2.05, 4.69) is 26.2 Å². The number of nitrogens with one attached hydrogen (secondary N) is 1. The van der Waals surface area contributed by atoms with Crippen molar-refractivity contribution in [1.29, 1.82) is 0 Å². The lowest BCUT2D eigenvalue weighted by Crippen LogP contribution is -2.19. The van der Waals surface area contributed by atoms with Crippen molar-refractivity contribution in [1.82, 2.24) is 9.55 Å². The minimum atomic E-state index is -0.285. The molecule has 0 saturated carbocycles. The SMILES string of the molecule is CCn1cc(NC(=O)c2ncc(Br)s2)ccc1=O. The van der Waals surface area contributed by atoms with E-state index in [1.807, 2.05) is 6.92 Å². The van der Waals surface area contributed by atoms with Gasteiger partial charge in [0.05, 0.1) is 15.7 Å². The summed E-state index contributed by atoms with van der Waals surface area (Å²) < 4.78 is 2.32. The van der Waals surface area contributed by atoms with Crippen molar-refractivity contribution in [3.63, 3.8) is 0 Å². The highest BCUT2D eigenvalue weighted by molar-refractivity contribution is 9.11. The van der Waals surface area contributed by atoms with Crippen LogP contribution in [0.15, 0.2) is 33.1 Å². The molecule has 2 aromatic heterocycles. The third-order valence-electron chi connectivity index (χ3n) is 2.25. The van der Waals surface area contributed by atoms with E-state index in [1.54, 1.807) is 18.5 Å². The molecule has 7 heteroatoms. The van der Waals surface area contributed by atoms with Gasteiger partial charge in [-0.15, -0.1) is 11.3 Å². The maximum Gasteiger partial charge on any atom is 0.284 e. The Hall–Kier alpha value is -1.47. The standard InChI is InChI=1S/C11H10BrN3O2S/c1-2-15-6-7(3-4-9(15)16)14-10(17)11-13-5-8(12)18-11/h3-6H,2H2,1H3,(H,14,17). The molecule has 0 aromatic carbocycles. The molecule has 0 saturated heterocycles. The van der Waals surface area contributed by atoms with Gasteiger partial charge in [0.25, 0.3) is 11.5 Å². The molecule has 0 unspecified atom stereocenters. The van der Waals surface area contributed by atoms with Crippen LogP contribution < -0.4 is 10.9 Å². The van der Waals surface area contributed by atoms with E-state index < -0.39 is 0 Å². The van der Waals surface area contributed by atoms with E-state index >= 15 is 0 Å². The van der Waals surface area contributed by atoms with Crippen molar-refractivity contribution in [2.45, 2.75) is 13.5 Å². The Morgan fingerprint density at radius 1 is 1.56 bits per heavy atom. The van der Waals surface area contributed by atoms with Gasteiger partial charge < -0.3 is 9.88 Å². The minimum Gasteiger partial charge on any atom is -0.319 e. The van der Waals surface area contributed by atoms with Crippen molar-refractivity contribution in [3.8, 4) is 0 Å². The molecular weight excluding hydrogens is 318 g/mol. The van der Waals surface area contributed by atoms with Gasteiger partial charge >= 0.3 is 0 Å². The highest BCUT2D eigenvalue weighted by Gasteiger charge is 2.10. The number of anilines is 1. The molecule has 2 aromatic rings.